The van der Waals surface area contributed by atoms with Crippen molar-refractivity contribution in [2.24, 2.45) is 23.7 Å². The Morgan fingerprint density at radius 3 is 2.32 bits per heavy atom. The Morgan fingerprint density at radius 1 is 1.14 bits per heavy atom. The Hall–Kier alpha value is -1.59. The summed E-state index contributed by atoms with van der Waals surface area (Å²) < 4.78 is 0. The SMILES string of the molecule is CN(CC(=O)N1CCC(C(=O)O)CC1)C(=O)C1CC1C1CC1. The smallest absolute Gasteiger partial charge is 0.306 e. The number of rotatable bonds is 5. The third-order valence-corrected chi connectivity index (χ3v) is 5.33. The van der Waals surface area contributed by atoms with Crippen LogP contribution >= 0.6 is 0 Å². The number of likely N-dealkylation sites (tertiary alicyclic amines) is 1. The van der Waals surface area contributed by atoms with Crippen LogP contribution in [0.3, 0.4) is 0 Å². The fourth-order valence-electron chi connectivity index (χ4n) is 3.58. The minimum Gasteiger partial charge on any atom is -0.481 e. The summed E-state index contributed by atoms with van der Waals surface area (Å²) in [5.74, 6) is 0.384. The van der Waals surface area contributed by atoms with Gasteiger partial charge in [0.05, 0.1) is 12.5 Å². The number of nitrogens with zero attached hydrogens (tertiary/aromatic N) is 2. The van der Waals surface area contributed by atoms with E-state index in [1.807, 2.05) is 0 Å². The molecule has 0 aromatic heterocycles. The monoisotopic (exact) mass is 308 g/mol. The van der Waals surface area contributed by atoms with Crippen molar-refractivity contribution in [1.29, 1.82) is 0 Å². The van der Waals surface area contributed by atoms with E-state index in [9.17, 15) is 14.4 Å². The van der Waals surface area contributed by atoms with Gasteiger partial charge in [0.25, 0.3) is 0 Å². The molecule has 2 amide bonds. The fourth-order valence-corrected chi connectivity index (χ4v) is 3.58. The highest BCUT2D eigenvalue weighted by Crippen LogP contribution is 2.54. The minimum atomic E-state index is -0.778. The Labute approximate surface area is 130 Å². The molecular formula is C16H24N2O4. The van der Waals surface area contributed by atoms with Crippen LogP contribution in [0.25, 0.3) is 0 Å². The van der Waals surface area contributed by atoms with E-state index < -0.39 is 5.97 Å². The molecule has 3 fully saturated rings. The number of hydrogen-bond donors (Lipinski definition) is 1. The summed E-state index contributed by atoms with van der Waals surface area (Å²) in [5.41, 5.74) is 0. The van der Waals surface area contributed by atoms with Gasteiger partial charge in [0.2, 0.25) is 11.8 Å². The second-order valence-corrected chi connectivity index (χ2v) is 7.03. The molecule has 3 aliphatic rings. The van der Waals surface area contributed by atoms with Gasteiger partial charge in [-0.3, -0.25) is 14.4 Å². The van der Waals surface area contributed by atoms with E-state index >= 15 is 0 Å². The molecule has 22 heavy (non-hydrogen) atoms. The number of likely N-dealkylation sites (N-methyl/N-ethyl adjacent to an activating group) is 1. The first-order valence-corrected chi connectivity index (χ1v) is 8.23. The predicted octanol–water partition coefficient (Wildman–Crippen LogP) is 0.814. The van der Waals surface area contributed by atoms with E-state index in [0.717, 1.165) is 12.3 Å². The molecule has 2 unspecified atom stereocenters. The number of carbonyl (C=O) groups excluding carboxylic acids is 2. The molecule has 2 aliphatic carbocycles. The quantitative estimate of drug-likeness (QED) is 0.815. The topological polar surface area (TPSA) is 77.9 Å². The molecule has 1 saturated heterocycles. The van der Waals surface area contributed by atoms with Crippen molar-refractivity contribution in [1.82, 2.24) is 9.80 Å². The maximum atomic E-state index is 12.3. The van der Waals surface area contributed by atoms with Crippen molar-refractivity contribution in [3.8, 4) is 0 Å². The standard InChI is InChI=1S/C16H24N2O4/c1-17(15(20)13-8-12(13)10-2-3-10)9-14(19)18-6-4-11(5-7-18)16(21)22/h10-13H,2-9H2,1H3,(H,21,22). The molecule has 0 bridgehead atoms. The van der Waals surface area contributed by atoms with Gasteiger partial charge in [0, 0.05) is 26.1 Å². The summed E-state index contributed by atoms with van der Waals surface area (Å²) in [6, 6.07) is 0. The zero-order chi connectivity index (χ0) is 15.9. The van der Waals surface area contributed by atoms with Crippen LogP contribution in [0.5, 0.6) is 0 Å². The van der Waals surface area contributed by atoms with Crippen molar-refractivity contribution in [2.45, 2.75) is 32.1 Å². The van der Waals surface area contributed by atoms with Crippen molar-refractivity contribution in [3.05, 3.63) is 0 Å². The molecule has 0 spiro atoms. The lowest BCUT2D eigenvalue weighted by molar-refractivity contribution is -0.146. The van der Waals surface area contributed by atoms with Gasteiger partial charge in [-0.2, -0.15) is 0 Å². The highest BCUT2D eigenvalue weighted by atomic mass is 16.4. The van der Waals surface area contributed by atoms with E-state index in [0.29, 0.717) is 31.8 Å². The van der Waals surface area contributed by atoms with Gasteiger partial charge in [-0.05, 0) is 43.9 Å². The first kappa shape index (κ1) is 15.3. The van der Waals surface area contributed by atoms with Crippen LogP contribution in [-0.4, -0.2) is 59.4 Å². The summed E-state index contributed by atoms with van der Waals surface area (Å²) in [7, 11) is 1.70. The number of piperidine rings is 1. The Bertz CT molecular complexity index is 481. The van der Waals surface area contributed by atoms with Crippen LogP contribution in [0.15, 0.2) is 0 Å². The van der Waals surface area contributed by atoms with E-state index in [1.54, 1.807) is 16.8 Å². The molecule has 2 atom stereocenters. The number of aliphatic carboxylic acids is 1. The molecule has 1 N–H and O–H groups in total. The normalized spacial score (nSPS) is 28.3. The van der Waals surface area contributed by atoms with E-state index in [2.05, 4.69) is 0 Å². The van der Waals surface area contributed by atoms with Crippen molar-refractivity contribution in [2.75, 3.05) is 26.7 Å². The molecule has 6 heteroatoms. The van der Waals surface area contributed by atoms with Gasteiger partial charge in [0.15, 0.2) is 0 Å². The molecule has 0 aromatic rings. The molecule has 3 rings (SSSR count). The van der Waals surface area contributed by atoms with Crippen LogP contribution in [-0.2, 0) is 14.4 Å². The zero-order valence-electron chi connectivity index (χ0n) is 13.0. The molecule has 2 saturated carbocycles. The van der Waals surface area contributed by atoms with Gasteiger partial charge in [-0.1, -0.05) is 0 Å². The fraction of sp³-hybridized carbons (Fsp3) is 0.812. The maximum Gasteiger partial charge on any atom is 0.306 e. The zero-order valence-corrected chi connectivity index (χ0v) is 13.0. The molecule has 0 aromatic carbocycles. The number of amides is 2. The summed E-state index contributed by atoms with van der Waals surface area (Å²) in [6.45, 7) is 1.07. The first-order chi connectivity index (χ1) is 10.5. The van der Waals surface area contributed by atoms with Crippen molar-refractivity contribution in [3.63, 3.8) is 0 Å². The Balaban J connectivity index is 1.43. The van der Waals surface area contributed by atoms with Crippen molar-refractivity contribution < 1.29 is 19.5 Å². The first-order valence-electron chi connectivity index (χ1n) is 8.23. The molecule has 0 radical (unpaired) electrons. The number of carboxylic acid groups (broad SMARTS) is 1. The van der Waals surface area contributed by atoms with Gasteiger partial charge in [-0.25, -0.2) is 0 Å². The number of carbonyl (C=O) groups is 3. The molecule has 1 heterocycles. The third-order valence-electron chi connectivity index (χ3n) is 5.33. The van der Waals surface area contributed by atoms with Gasteiger partial charge < -0.3 is 14.9 Å². The second-order valence-electron chi connectivity index (χ2n) is 7.03. The highest BCUT2D eigenvalue weighted by molar-refractivity contribution is 5.87. The molecular weight excluding hydrogens is 284 g/mol. The van der Waals surface area contributed by atoms with E-state index in [1.165, 1.54) is 12.8 Å². The average Bonchev–Trinajstić information content (AvgIpc) is 3.38. The summed E-state index contributed by atoms with van der Waals surface area (Å²) in [4.78, 5) is 38.7. The predicted molar refractivity (Wildman–Crippen MR) is 78.9 cm³/mol. The average molecular weight is 308 g/mol. The van der Waals surface area contributed by atoms with Gasteiger partial charge >= 0.3 is 5.97 Å². The molecule has 6 nitrogen and oxygen atoms in total. The highest BCUT2D eigenvalue weighted by Gasteiger charge is 2.51. The van der Waals surface area contributed by atoms with Crippen LogP contribution in [0.4, 0.5) is 0 Å². The number of carboxylic acids is 1. The third kappa shape index (κ3) is 3.25. The summed E-state index contributed by atoms with van der Waals surface area (Å²) >= 11 is 0. The Morgan fingerprint density at radius 2 is 1.77 bits per heavy atom. The lowest BCUT2D eigenvalue weighted by Gasteiger charge is -2.31. The molecule has 122 valence electrons. The van der Waals surface area contributed by atoms with Crippen LogP contribution in [0.2, 0.25) is 0 Å². The van der Waals surface area contributed by atoms with Crippen LogP contribution in [0, 0.1) is 23.7 Å². The second kappa shape index (κ2) is 5.89. The van der Waals surface area contributed by atoms with Crippen LogP contribution in [0.1, 0.15) is 32.1 Å². The summed E-state index contributed by atoms with van der Waals surface area (Å²) in [5, 5.41) is 8.97. The summed E-state index contributed by atoms with van der Waals surface area (Å²) in [6.07, 6.45) is 4.52. The molecule has 1 aliphatic heterocycles. The Kier molecular flexibility index (Phi) is 4.10. The minimum absolute atomic E-state index is 0.0664. The van der Waals surface area contributed by atoms with Crippen LogP contribution < -0.4 is 0 Å². The lowest BCUT2D eigenvalue weighted by Crippen LogP contribution is -2.45. The van der Waals surface area contributed by atoms with Gasteiger partial charge in [0.1, 0.15) is 0 Å². The lowest BCUT2D eigenvalue weighted by atomic mass is 9.97. The van der Waals surface area contributed by atoms with Gasteiger partial charge in [-0.15, -0.1) is 0 Å². The van der Waals surface area contributed by atoms with Crippen molar-refractivity contribution >= 4 is 17.8 Å². The van der Waals surface area contributed by atoms with E-state index in [4.69, 9.17) is 5.11 Å². The maximum absolute atomic E-state index is 12.3. The van der Waals surface area contributed by atoms with E-state index in [-0.39, 0.29) is 30.2 Å². The number of hydrogen-bond acceptors (Lipinski definition) is 3. The largest absolute Gasteiger partial charge is 0.481 e.